The summed E-state index contributed by atoms with van der Waals surface area (Å²) in [4.78, 5) is 17.4. The molecule has 0 saturated heterocycles. The van der Waals surface area contributed by atoms with Crippen molar-refractivity contribution in [3.63, 3.8) is 0 Å². The Kier molecular flexibility index (Phi) is 4.58. The van der Waals surface area contributed by atoms with Crippen LogP contribution < -0.4 is 4.90 Å². The lowest BCUT2D eigenvalue weighted by atomic mass is 10.2. The summed E-state index contributed by atoms with van der Waals surface area (Å²) in [5.74, 6) is 0. The van der Waals surface area contributed by atoms with Gasteiger partial charge in [-0.3, -0.25) is 4.90 Å². The van der Waals surface area contributed by atoms with E-state index in [9.17, 15) is 4.79 Å². The summed E-state index contributed by atoms with van der Waals surface area (Å²) in [6, 6.07) is 11.3. The smallest absolute Gasteiger partial charge is 0.414 e. The third-order valence-electron chi connectivity index (χ3n) is 2.90. The van der Waals surface area contributed by atoms with E-state index in [1.807, 2.05) is 37.3 Å². The zero-order chi connectivity index (χ0) is 14.5. The van der Waals surface area contributed by atoms with Gasteiger partial charge in [-0.1, -0.05) is 41.9 Å². The minimum atomic E-state index is -0.466. The van der Waals surface area contributed by atoms with Crippen molar-refractivity contribution in [1.29, 1.82) is 0 Å². The van der Waals surface area contributed by atoms with Crippen LogP contribution in [-0.2, 0) is 11.3 Å². The Bertz CT molecular complexity index is 582. The van der Waals surface area contributed by atoms with Crippen LogP contribution in [0, 0.1) is 6.92 Å². The van der Waals surface area contributed by atoms with Crippen molar-refractivity contribution in [1.82, 2.24) is 4.98 Å². The van der Waals surface area contributed by atoms with E-state index in [0.717, 1.165) is 11.1 Å². The molecular formula is C15H15ClN2O2. The third kappa shape index (κ3) is 3.27. The van der Waals surface area contributed by atoms with E-state index in [4.69, 9.17) is 16.3 Å². The number of benzene rings is 1. The second-order valence-corrected chi connectivity index (χ2v) is 4.72. The van der Waals surface area contributed by atoms with E-state index < -0.39 is 6.09 Å². The van der Waals surface area contributed by atoms with Crippen LogP contribution in [0.25, 0.3) is 0 Å². The highest BCUT2D eigenvalue weighted by Gasteiger charge is 2.18. The lowest BCUT2D eigenvalue weighted by molar-refractivity contribution is 0.148. The Morgan fingerprint density at radius 1 is 1.30 bits per heavy atom. The molecule has 0 aliphatic heterocycles. The van der Waals surface area contributed by atoms with Crippen LogP contribution in [0.4, 0.5) is 10.5 Å². The molecule has 2 rings (SSSR count). The molecule has 0 N–H and O–H groups in total. The topological polar surface area (TPSA) is 42.4 Å². The summed E-state index contributed by atoms with van der Waals surface area (Å²) in [6.45, 7) is 2.09. The van der Waals surface area contributed by atoms with Crippen LogP contribution in [0.3, 0.4) is 0 Å². The van der Waals surface area contributed by atoms with Crippen LogP contribution in [0.1, 0.15) is 11.1 Å². The van der Waals surface area contributed by atoms with Crippen molar-refractivity contribution in [2.45, 2.75) is 13.5 Å². The van der Waals surface area contributed by atoms with Gasteiger partial charge in [-0.2, -0.15) is 0 Å². The zero-order valence-corrected chi connectivity index (χ0v) is 12.1. The molecule has 0 spiro atoms. The van der Waals surface area contributed by atoms with E-state index in [1.54, 1.807) is 19.3 Å². The van der Waals surface area contributed by atoms with Gasteiger partial charge in [0.1, 0.15) is 6.61 Å². The summed E-state index contributed by atoms with van der Waals surface area (Å²) >= 11 is 6.03. The maximum Gasteiger partial charge on any atom is 0.414 e. The van der Waals surface area contributed by atoms with Crippen LogP contribution in [0.5, 0.6) is 0 Å². The SMILES string of the molecule is Cc1ccnc(Cl)c1N(C)C(=O)OCc1ccccc1. The minimum Gasteiger partial charge on any atom is -0.444 e. The van der Waals surface area contributed by atoms with Crippen molar-refractivity contribution in [2.75, 3.05) is 11.9 Å². The Balaban J connectivity index is 2.06. The summed E-state index contributed by atoms with van der Waals surface area (Å²) in [5, 5.41) is 0.282. The maximum atomic E-state index is 12.0. The molecule has 4 nitrogen and oxygen atoms in total. The summed E-state index contributed by atoms with van der Waals surface area (Å²) in [6.07, 6.45) is 1.14. The number of anilines is 1. The number of nitrogens with zero attached hydrogens (tertiary/aromatic N) is 2. The quantitative estimate of drug-likeness (QED) is 0.807. The molecule has 0 unspecified atom stereocenters. The molecule has 0 atom stereocenters. The van der Waals surface area contributed by atoms with Crippen molar-refractivity contribution in [3.05, 3.63) is 58.9 Å². The normalized spacial score (nSPS) is 10.2. The van der Waals surface area contributed by atoms with Crippen molar-refractivity contribution in [3.8, 4) is 0 Å². The van der Waals surface area contributed by atoms with Gasteiger partial charge >= 0.3 is 6.09 Å². The van der Waals surface area contributed by atoms with E-state index in [0.29, 0.717) is 5.69 Å². The third-order valence-corrected chi connectivity index (χ3v) is 3.17. The average molecular weight is 291 g/mol. The van der Waals surface area contributed by atoms with Crippen LogP contribution in [0.15, 0.2) is 42.6 Å². The molecule has 1 aromatic carbocycles. The van der Waals surface area contributed by atoms with Gasteiger partial charge in [-0.15, -0.1) is 0 Å². The van der Waals surface area contributed by atoms with Gasteiger partial charge < -0.3 is 4.74 Å². The predicted molar refractivity (Wildman–Crippen MR) is 79.0 cm³/mol. The molecule has 5 heteroatoms. The zero-order valence-electron chi connectivity index (χ0n) is 11.3. The van der Waals surface area contributed by atoms with E-state index in [-0.39, 0.29) is 11.8 Å². The van der Waals surface area contributed by atoms with Gasteiger partial charge in [0.2, 0.25) is 0 Å². The molecule has 0 fully saturated rings. The molecule has 1 amide bonds. The number of aromatic nitrogens is 1. The molecule has 20 heavy (non-hydrogen) atoms. The largest absolute Gasteiger partial charge is 0.444 e. The summed E-state index contributed by atoms with van der Waals surface area (Å²) in [7, 11) is 1.61. The minimum absolute atomic E-state index is 0.223. The number of pyridine rings is 1. The van der Waals surface area contributed by atoms with Crippen LogP contribution in [0.2, 0.25) is 5.15 Å². The van der Waals surface area contributed by atoms with Gasteiger partial charge in [0.15, 0.2) is 5.15 Å². The van der Waals surface area contributed by atoms with Gasteiger partial charge in [-0.25, -0.2) is 9.78 Å². The fourth-order valence-electron chi connectivity index (χ4n) is 1.83. The highest BCUT2D eigenvalue weighted by atomic mass is 35.5. The van der Waals surface area contributed by atoms with Crippen LogP contribution >= 0.6 is 11.6 Å². The van der Waals surface area contributed by atoms with E-state index >= 15 is 0 Å². The molecule has 0 radical (unpaired) electrons. The lowest BCUT2D eigenvalue weighted by Crippen LogP contribution is -2.28. The number of hydrogen-bond donors (Lipinski definition) is 0. The first-order valence-corrected chi connectivity index (χ1v) is 6.53. The number of halogens is 1. The van der Waals surface area contributed by atoms with Gasteiger partial charge in [0, 0.05) is 13.2 Å². The number of hydrogen-bond acceptors (Lipinski definition) is 3. The number of carbonyl (C=O) groups excluding carboxylic acids is 1. The number of ether oxygens (including phenoxy) is 1. The molecular weight excluding hydrogens is 276 g/mol. The molecule has 0 saturated carbocycles. The standard InChI is InChI=1S/C15H15ClN2O2/c1-11-8-9-17-14(16)13(11)18(2)15(19)20-10-12-6-4-3-5-7-12/h3-9H,10H2,1-2H3. The summed E-state index contributed by atoms with van der Waals surface area (Å²) in [5.41, 5.74) is 2.36. The number of rotatable bonds is 3. The van der Waals surface area contributed by atoms with Crippen LogP contribution in [-0.4, -0.2) is 18.1 Å². The molecule has 0 aliphatic rings. The monoisotopic (exact) mass is 290 g/mol. The second kappa shape index (κ2) is 6.39. The number of amides is 1. The fraction of sp³-hybridized carbons (Fsp3) is 0.200. The maximum absolute atomic E-state index is 12.0. The highest BCUT2D eigenvalue weighted by molar-refractivity contribution is 6.32. The molecule has 0 aliphatic carbocycles. The Morgan fingerprint density at radius 3 is 2.65 bits per heavy atom. The average Bonchev–Trinajstić information content (AvgIpc) is 2.45. The van der Waals surface area contributed by atoms with E-state index in [1.165, 1.54) is 4.90 Å². The first kappa shape index (κ1) is 14.3. The second-order valence-electron chi connectivity index (χ2n) is 4.37. The molecule has 0 bridgehead atoms. The predicted octanol–water partition coefficient (Wildman–Crippen LogP) is 3.82. The highest BCUT2D eigenvalue weighted by Crippen LogP contribution is 2.26. The Morgan fingerprint density at radius 2 is 2.00 bits per heavy atom. The molecule has 104 valence electrons. The van der Waals surface area contributed by atoms with Crippen molar-refractivity contribution < 1.29 is 9.53 Å². The molecule has 1 heterocycles. The van der Waals surface area contributed by atoms with Gasteiger partial charge in [0.25, 0.3) is 0 Å². The number of carbonyl (C=O) groups is 1. The number of aryl methyl sites for hydroxylation is 1. The van der Waals surface area contributed by atoms with Crippen molar-refractivity contribution in [2.24, 2.45) is 0 Å². The Hall–Kier alpha value is -2.07. The van der Waals surface area contributed by atoms with Gasteiger partial charge in [-0.05, 0) is 24.1 Å². The fourth-order valence-corrected chi connectivity index (χ4v) is 2.16. The van der Waals surface area contributed by atoms with Crippen molar-refractivity contribution >= 4 is 23.4 Å². The van der Waals surface area contributed by atoms with Gasteiger partial charge in [0.05, 0.1) is 5.69 Å². The summed E-state index contributed by atoms with van der Waals surface area (Å²) < 4.78 is 5.25. The molecule has 2 aromatic rings. The first-order chi connectivity index (χ1) is 9.59. The molecule has 1 aromatic heterocycles. The lowest BCUT2D eigenvalue weighted by Gasteiger charge is -2.19. The first-order valence-electron chi connectivity index (χ1n) is 6.15. The van der Waals surface area contributed by atoms with E-state index in [2.05, 4.69) is 4.98 Å². The Labute approximate surface area is 123 Å².